The van der Waals surface area contributed by atoms with Gasteiger partial charge in [0.05, 0.1) is 11.7 Å². The van der Waals surface area contributed by atoms with Gasteiger partial charge < -0.3 is 14.7 Å². The Hall–Kier alpha value is -1.56. The highest BCUT2D eigenvalue weighted by Gasteiger charge is 2.32. The molecular weight excluding hydrogens is 428 g/mol. The molecule has 1 heterocycles. The van der Waals surface area contributed by atoms with Crippen molar-refractivity contribution in [3.05, 3.63) is 58.6 Å². The number of likely N-dealkylation sites (tertiary alicyclic amines) is 1. The summed E-state index contributed by atoms with van der Waals surface area (Å²) in [5, 5.41) is 11.1. The molecule has 1 aliphatic heterocycles. The van der Waals surface area contributed by atoms with Crippen LogP contribution in [0.15, 0.2) is 53.0 Å². The van der Waals surface area contributed by atoms with Crippen molar-refractivity contribution in [3.8, 4) is 5.75 Å². The number of hydrogen-bond acceptors (Lipinski definition) is 4. The molecule has 1 fully saturated rings. The molecule has 0 bridgehead atoms. The highest BCUT2D eigenvalue weighted by atomic mass is 79.9. The summed E-state index contributed by atoms with van der Waals surface area (Å²) in [6.07, 6.45) is 2.63. The number of aliphatic hydroxyl groups is 1. The number of benzene rings is 2. The first-order valence-corrected chi connectivity index (χ1v) is 11.3. The van der Waals surface area contributed by atoms with Crippen LogP contribution in [0.5, 0.6) is 5.75 Å². The van der Waals surface area contributed by atoms with Crippen LogP contribution in [0, 0.1) is 0 Å². The monoisotopic (exact) mass is 460 g/mol. The van der Waals surface area contributed by atoms with Gasteiger partial charge in [-0.05, 0) is 75.1 Å². The van der Waals surface area contributed by atoms with Crippen molar-refractivity contribution in [3.63, 3.8) is 0 Å². The van der Waals surface area contributed by atoms with E-state index in [1.54, 1.807) is 0 Å². The van der Waals surface area contributed by atoms with E-state index in [0.29, 0.717) is 0 Å². The predicted molar refractivity (Wildman–Crippen MR) is 124 cm³/mol. The van der Waals surface area contributed by atoms with Gasteiger partial charge in [0, 0.05) is 43.4 Å². The Morgan fingerprint density at radius 2 is 1.83 bits per heavy atom. The standard InChI is InChI=1S/C24H33BrN2O2/c1-19(2)29-23-9-7-22(8-10-23)26(3)14-11-24(28)12-15-27(16-13-24)18-20-5-4-6-21(25)17-20/h4-10,17,19,28H,11-16,18H2,1-3H3. The minimum atomic E-state index is -0.567. The molecule has 1 N–H and O–H groups in total. The lowest BCUT2D eigenvalue weighted by molar-refractivity contribution is -0.0275. The van der Waals surface area contributed by atoms with Crippen LogP contribution in [0.4, 0.5) is 5.69 Å². The first kappa shape index (κ1) is 22.1. The molecule has 0 radical (unpaired) electrons. The molecule has 0 unspecified atom stereocenters. The predicted octanol–water partition coefficient (Wildman–Crippen LogP) is 5.09. The third-order valence-corrected chi connectivity index (χ3v) is 6.14. The third kappa shape index (κ3) is 6.73. The molecule has 29 heavy (non-hydrogen) atoms. The van der Waals surface area contributed by atoms with E-state index >= 15 is 0 Å². The Labute approximate surface area is 183 Å². The SMILES string of the molecule is CC(C)Oc1ccc(N(C)CCC2(O)CCN(Cc3cccc(Br)c3)CC2)cc1. The minimum Gasteiger partial charge on any atom is -0.491 e. The maximum absolute atomic E-state index is 11.1. The Morgan fingerprint density at radius 3 is 2.45 bits per heavy atom. The van der Waals surface area contributed by atoms with Crippen molar-refractivity contribution < 1.29 is 9.84 Å². The molecule has 0 spiro atoms. The van der Waals surface area contributed by atoms with Gasteiger partial charge in [-0.15, -0.1) is 0 Å². The number of rotatable bonds is 8. The van der Waals surface area contributed by atoms with Crippen molar-refractivity contribution in [2.24, 2.45) is 0 Å². The van der Waals surface area contributed by atoms with Crippen LogP contribution >= 0.6 is 15.9 Å². The first-order chi connectivity index (χ1) is 13.8. The summed E-state index contributed by atoms with van der Waals surface area (Å²) in [5.41, 5.74) is 1.90. The van der Waals surface area contributed by atoms with E-state index in [9.17, 15) is 5.11 Å². The van der Waals surface area contributed by atoms with Crippen LogP contribution in [-0.2, 0) is 6.54 Å². The lowest BCUT2D eigenvalue weighted by atomic mass is 9.88. The molecule has 3 rings (SSSR count). The van der Waals surface area contributed by atoms with E-state index in [0.717, 1.165) is 61.4 Å². The topological polar surface area (TPSA) is 35.9 Å². The van der Waals surface area contributed by atoms with Gasteiger partial charge in [0.1, 0.15) is 5.75 Å². The average molecular weight is 461 g/mol. The zero-order chi connectivity index (χ0) is 20.9. The van der Waals surface area contributed by atoms with Crippen LogP contribution in [-0.4, -0.2) is 48.4 Å². The first-order valence-electron chi connectivity index (χ1n) is 10.5. The van der Waals surface area contributed by atoms with E-state index in [4.69, 9.17) is 4.74 Å². The van der Waals surface area contributed by atoms with Crippen molar-refractivity contribution in [2.75, 3.05) is 31.6 Å². The quantitative estimate of drug-likeness (QED) is 0.594. The van der Waals surface area contributed by atoms with Crippen LogP contribution in [0.1, 0.15) is 38.7 Å². The second-order valence-corrected chi connectivity index (χ2v) is 9.38. The summed E-state index contributed by atoms with van der Waals surface area (Å²) >= 11 is 3.54. The highest BCUT2D eigenvalue weighted by Crippen LogP contribution is 2.28. The Bertz CT molecular complexity index is 771. The van der Waals surface area contributed by atoms with Gasteiger partial charge in [0.25, 0.3) is 0 Å². The molecule has 0 amide bonds. The fourth-order valence-electron chi connectivity index (χ4n) is 3.83. The molecule has 158 valence electrons. The third-order valence-electron chi connectivity index (χ3n) is 5.64. The van der Waals surface area contributed by atoms with Crippen molar-refractivity contribution >= 4 is 21.6 Å². The minimum absolute atomic E-state index is 0.183. The van der Waals surface area contributed by atoms with Gasteiger partial charge >= 0.3 is 0 Å². The van der Waals surface area contributed by atoms with E-state index in [1.807, 2.05) is 26.0 Å². The van der Waals surface area contributed by atoms with E-state index in [1.165, 1.54) is 5.56 Å². The van der Waals surface area contributed by atoms with Crippen molar-refractivity contribution in [1.29, 1.82) is 0 Å². The van der Waals surface area contributed by atoms with Gasteiger partial charge in [-0.3, -0.25) is 4.90 Å². The van der Waals surface area contributed by atoms with Gasteiger partial charge in [-0.1, -0.05) is 28.1 Å². The number of piperidine rings is 1. The van der Waals surface area contributed by atoms with Gasteiger partial charge in [-0.25, -0.2) is 0 Å². The van der Waals surface area contributed by atoms with E-state index in [-0.39, 0.29) is 6.10 Å². The molecule has 0 aliphatic carbocycles. The highest BCUT2D eigenvalue weighted by molar-refractivity contribution is 9.10. The second kappa shape index (κ2) is 9.96. The van der Waals surface area contributed by atoms with Crippen LogP contribution in [0.3, 0.4) is 0 Å². The zero-order valence-electron chi connectivity index (χ0n) is 17.8. The molecule has 5 heteroatoms. The second-order valence-electron chi connectivity index (χ2n) is 8.46. The number of halogens is 1. The summed E-state index contributed by atoms with van der Waals surface area (Å²) < 4.78 is 6.83. The fourth-order valence-corrected chi connectivity index (χ4v) is 4.27. The smallest absolute Gasteiger partial charge is 0.119 e. The largest absolute Gasteiger partial charge is 0.491 e. The molecule has 0 atom stereocenters. The average Bonchev–Trinajstić information content (AvgIpc) is 2.68. The molecule has 0 saturated carbocycles. The normalized spacial score (nSPS) is 16.8. The lowest BCUT2D eigenvalue weighted by Gasteiger charge is -2.39. The maximum atomic E-state index is 11.1. The van der Waals surface area contributed by atoms with Crippen LogP contribution in [0.25, 0.3) is 0 Å². The van der Waals surface area contributed by atoms with Crippen molar-refractivity contribution in [2.45, 2.75) is 51.4 Å². The van der Waals surface area contributed by atoms with Crippen LogP contribution in [0.2, 0.25) is 0 Å². The van der Waals surface area contributed by atoms with Crippen molar-refractivity contribution in [1.82, 2.24) is 4.90 Å². The number of hydrogen-bond donors (Lipinski definition) is 1. The number of nitrogens with zero attached hydrogens (tertiary/aromatic N) is 2. The number of ether oxygens (including phenoxy) is 1. The Kier molecular flexibility index (Phi) is 7.60. The summed E-state index contributed by atoms with van der Waals surface area (Å²) in [7, 11) is 2.09. The van der Waals surface area contributed by atoms with E-state index < -0.39 is 5.60 Å². The summed E-state index contributed by atoms with van der Waals surface area (Å²) in [5.74, 6) is 0.897. The molecule has 0 aromatic heterocycles. The molecule has 4 nitrogen and oxygen atoms in total. The molecule has 2 aromatic rings. The summed E-state index contributed by atoms with van der Waals surface area (Å²) in [6, 6.07) is 16.7. The molecule has 2 aromatic carbocycles. The Balaban J connectivity index is 1.46. The molecule has 1 aliphatic rings. The summed E-state index contributed by atoms with van der Waals surface area (Å²) in [6.45, 7) is 7.73. The fraction of sp³-hybridized carbons (Fsp3) is 0.500. The molecular formula is C24H33BrN2O2. The van der Waals surface area contributed by atoms with Gasteiger partial charge in [0.2, 0.25) is 0 Å². The Morgan fingerprint density at radius 1 is 1.14 bits per heavy atom. The van der Waals surface area contributed by atoms with E-state index in [2.05, 4.69) is 69.2 Å². The van der Waals surface area contributed by atoms with Gasteiger partial charge in [-0.2, -0.15) is 0 Å². The van der Waals surface area contributed by atoms with Gasteiger partial charge in [0.15, 0.2) is 0 Å². The summed E-state index contributed by atoms with van der Waals surface area (Å²) in [4.78, 5) is 4.65. The maximum Gasteiger partial charge on any atom is 0.119 e. The zero-order valence-corrected chi connectivity index (χ0v) is 19.4. The molecule has 1 saturated heterocycles. The number of anilines is 1. The van der Waals surface area contributed by atoms with Crippen LogP contribution < -0.4 is 9.64 Å². The lowest BCUT2D eigenvalue weighted by Crippen LogP contribution is -2.45.